The van der Waals surface area contributed by atoms with Gasteiger partial charge in [0.25, 0.3) is 0 Å². The maximum absolute atomic E-state index is 12.9. The molecule has 130 valence electrons. The van der Waals surface area contributed by atoms with Gasteiger partial charge in [0, 0.05) is 12.2 Å². The van der Waals surface area contributed by atoms with E-state index in [1.165, 1.54) is 12.1 Å². The number of anilines is 1. The van der Waals surface area contributed by atoms with Crippen LogP contribution in [0.5, 0.6) is 0 Å². The third kappa shape index (κ3) is 3.71. The van der Waals surface area contributed by atoms with Gasteiger partial charge in [-0.3, -0.25) is 9.59 Å². The summed E-state index contributed by atoms with van der Waals surface area (Å²) in [7, 11) is 0. The van der Waals surface area contributed by atoms with E-state index < -0.39 is 5.41 Å². The molecule has 0 heterocycles. The average Bonchev–Trinajstić information content (AvgIpc) is 3.39. The van der Waals surface area contributed by atoms with Crippen LogP contribution in [0.1, 0.15) is 29.5 Å². The summed E-state index contributed by atoms with van der Waals surface area (Å²) in [6.45, 7) is 4.26. The van der Waals surface area contributed by atoms with Crippen LogP contribution < -0.4 is 10.6 Å². The summed E-state index contributed by atoms with van der Waals surface area (Å²) in [6, 6.07) is 11.6. The van der Waals surface area contributed by atoms with E-state index >= 15 is 0 Å². The fourth-order valence-electron chi connectivity index (χ4n) is 2.71. The minimum absolute atomic E-state index is 0.271. The molecule has 0 saturated heterocycles. The van der Waals surface area contributed by atoms with Gasteiger partial charge in [-0.1, -0.05) is 18.2 Å². The third-order valence-corrected chi connectivity index (χ3v) is 4.75. The molecule has 0 unspecified atom stereocenters. The van der Waals surface area contributed by atoms with Crippen molar-refractivity contribution in [3.63, 3.8) is 0 Å². The molecule has 4 nitrogen and oxygen atoms in total. The predicted molar refractivity (Wildman–Crippen MR) is 94.5 cm³/mol. The lowest BCUT2D eigenvalue weighted by atomic mass is 10.0. The molecule has 2 N–H and O–H groups in total. The number of nitrogens with one attached hydrogen (secondary N) is 2. The summed E-state index contributed by atoms with van der Waals surface area (Å²) in [4.78, 5) is 25.0. The van der Waals surface area contributed by atoms with Gasteiger partial charge in [-0.2, -0.15) is 0 Å². The quantitative estimate of drug-likeness (QED) is 0.819. The van der Waals surface area contributed by atoms with Gasteiger partial charge in [-0.15, -0.1) is 0 Å². The fourth-order valence-corrected chi connectivity index (χ4v) is 2.71. The third-order valence-electron chi connectivity index (χ3n) is 4.75. The zero-order valence-electron chi connectivity index (χ0n) is 14.4. The molecule has 2 amide bonds. The van der Waals surface area contributed by atoms with E-state index in [0.29, 0.717) is 18.5 Å². The van der Waals surface area contributed by atoms with Gasteiger partial charge in [0.1, 0.15) is 11.2 Å². The molecule has 0 atom stereocenters. The van der Waals surface area contributed by atoms with E-state index in [0.717, 1.165) is 16.7 Å². The summed E-state index contributed by atoms with van der Waals surface area (Å²) < 4.78 is 12.9. The van der Waals surface area contributed by atoms with Crippen molar-refractivity contribution in [3.05, 3.63) is 65.0 Å². The fraction of sp³-hybridized carbons (Fsp3) is 0.300. The van der Waals surface area contributed by atoms with Crippen LogP contribution >= 0.6 is 0 Å². The Labute approximate surface area is 146 Å². The van der Waals surface area contributed by atoms with Crippen molar-refractivity contribution >= 4 is 17.5 Å². The largest absolute Gasteiger partial charge is 0.351 e. The minimum Gasteiger partial charge on any atom is -0.351 e. The smallest absolute Gasteiger partial charge is 0.240 e. The molecule has 0 radical (unpaired) electrons. The van der Waals surface area contributed by atoms with Gasteiger partial charge < -0.3 is 10.6 Å². The summed E-state index contributed by atoms with van der Waals surface area (Å²) in [5.74, 6) is -0.868. The highest BCUT2D eigenvalue weighted by Gasteiger charge is 2.56. The first-order valence-corrected chi connectivity index (χ1v) is 8.32. The second-order valence-electron chi connectivity index (χ2n) is 6.64. The topological polar surface area (TPSA) is 58.2 Å². The first kappa shape index (κ1) is 17.1. The van der Waals surface area contributed by atoms with Crippen molar-refractivity contribution in [1.82, 2.24) is 5.32 Å². The molecule has 2 aromatic carbocycles. The van der Waals surface area contributed by atoms with Crippen molar-refractivity contribution in [3.8, 4) is 0 Å². The van der Waals surface area contributed by atoms with Crippen LogP contribution in [-0.2, 0) is 16.1 Å². The van der Waals surface area contributed by atoms with Crippen LogP contribution in [0.3, 0.4) is 0 Å². The van der Waals surface area contributed by atoms with E-state index in [1.807, 2.05) is 32.0 Å². The van der Waals surface area contributed by atoms with Crippen molar-refractivity contribution in [2.75, 3.05) is 5.32 Å². The van der Waals surface area contributed by atoms with Gasteiger partial charge >= 0.3 is 0 Å². The number of hydrogen-bond acceptors (Lipinski definition) is 2. The van der Waals surface area contributed by atoms with E-state index in [1.54, 1.807) is 12.1 Å². The summed E-state index contributed by atoms with van der Waals surface area (Å²) in [5.41, 5.74) is 2.74. The van der Waals surface area contributed by atoms with Crippen LogP contribution in [0, 0.1) is 25.1 Å². The highest BCUT2D eigenvalue weighted by molar-refractivity contribution is 6.13. The number of benzene rings is 2. The SMILES string of the molecule is Cc1ccc(NC(=O)C2(C(=O)NCc3ccc(F)cc3)CC2)cc1C. The Balaban J connectivity index is 1.62. The van der Waals surface area contributed by atoms with Crippen molar-refractivity contribution < 1.29 is 14.0 Å². The van der Waals surface area contributed by atoms with Gasteiger partial charge in [0.2, 0.25) is 11.8 Å². The number of aryl methyl sites for hydroxylation is 2. The van der Waals surface area contributed by atoms with Gasteiger partial charge in [-0.25, -0.2) is 4.39 Å². The first-order chi connectivity index (χ1) is 11.9. The molecule has 3 rings (SSSR count). The number of halogens is 1. The zero-order chi connectivity index (χ0) is 18.0. The zero-order valence-corrected chi connectivity index (χ0v) is 14.4. The molecule has 0 aromatic heterocycles. The van der Waals surface area contributed by atoms with E-state index in [2.05, 4.69) is 10.6 Å². The van der Waals surface area contributed by atoms with E-state index in [9.17, 15) is 14.0 Å². The Morgan fingerprint density at radius 1 is 1.00 bits per heavy atom. The first-order valence-electron chi connectivity index (χ1n) is 8.32. The molecule has 1 fully saturated rings. The molecule has 1 saturated carbocycles. The molecule has 1 aliphatic rings. The second kappa shape index (κ2) is 6.67. The molecule has 0 aliphatic heterocycles. The molecule has 5 heteroatoms. The number of rotatable bonds is 5. The predicted octanol–water partition coefficient (Wildman–Crippen LogP) is 3.48. The van der Waals surface area contributed by atoms with Crippen molar-refractivity contribution in [2.45, 2.75) is 33.2 Å². The standard InChI is InChI=1S/C20H21FN2O2/c1-13-3-8-17(11-14(13)2)23-19(25)20(9-10-20)18(24)22-12-15-4-6-16(21)7-5-15/h3-8,11H,9-10,12H2,1-2H3,(H,22,24)(H,23,25). The second-order valence-corrected chi connectivity index (χ2v) is 6.64. The van der Waals surface area contributed by atoms with Crippen LogP contribution in [-0.4, -0.2) is 11.8 Å². The molecule has 0 spiro atoms. The Hall–Kier alpha value is -2.69. The van der Waals surface area contributed by atoms with Crippen LogP contribution in [0.25, 0.3) is 0 Å². The van der Waals surface area contributed by atoms with Crippen LogP contribution in [0.2, 0.25) is 0 Å². The number of hydrogen-bond donors (Lipinski definition) is 2. The maximum atomic E-state index is 12.9. The van der Waals surface area contributed by atoms with Crippen LogP contribution in [0.4, 0.5) is 10.1 Å². The number of carbonyl (C=O) groups excluding carboxylic acids is 2. The lowest BCUT2D eigenvalue weighted by molar-refractivity contribution is -0.134. The summed E-state index contributed by atoms with van der Waals surface area (Å²) in [5, 5.41) is 5.64. The molecular formula is C20H21FN2O2. The highest BCUT2D eigenvalue weighted by Crippen LogP contribution is 2.47. The molecular weight excluding hydrogens is 319 g/mol. The Morgan fingerprint density at radius 3 is 2.28 bits per heavy atom. The summed E-state index contributed by atoms with van der Waals surface area (Å²) in [6.07, 6.45) is 1.08. The number of amides is 2. The van der Waals surface area contributed by atoms with Crippen molar-refractivity contribution in [2.24, 2.45) is 5.41 Å². The monoisotopic (exact) mass is 340 g/mol. The number of carbonyl (C=O) groups is 2. The normalized spacial score (nSPS) is 14.7. The van der Waals surface area contributed by atoms with Crippen LogP contribution in [0.15, 0.2) is 42.5 Å². The van der Waals surface area contributed by atoms with Gasteiger partial charge in [0.05, 0.1) is 0 Å². The Kier molecular flexibility index (Phi) is 4.57. The van der Waals surface area contributed by atoms with E-state index in [4.69, 9.17) is 0 Å². The van der Waals surface area contributed by atoms with Crippen molar-refractivity contribution in [1.29, 1.82) is 0 Å². The Bertz CT molecular complexity index is 811. The highest BCUT2D eigenvalue weighted by atomic mass is 19.1. The maximum Gasteiger partial charge on any atom is 0.240 e. The average molecular weight is 340 g/mol. The minimum atomic E-state index is -0.987. The van der Waals surface area contributed by atoms with E-state index in [-0.39, 0.29) is 24.2 Å². The molecule has 1 aliphatic carbocycles. The lowest BCUT2D eigenvalue weighted by Gasteiger charge is -2.16. The van der Waals surface area contributed by atoms with Gasteiger partial charge in [0.15, 0.2) is 0 Å². The molecule has 2 aromatic rings. The lowest BCUT2D eigenvalue weighted by Crippen LogP contribution is -2.39. The summed E-state index contributed by atoms with van der Waals surface area (Å²) >= 11 is 0. The molecule has 0 bridgehead atoms. The van der Waals surface area contributed by atoms with Gasteiger partial charge in [-0.05, 0) is 67.6 Å². The Morgan fingerprint density at radius 2 is 1.68 bits per heavy atom. The molecule has 25 heavy (non-hydrogen) atoms.